The first-order chi connectivity index (χ1) is 11.2. The maximum Gasteiger partial charge on any atom is 0.129 e. The molecule has 0 aromatic carbocycles. The zero-order valence-corrected chi connectivity index (χ0v) is 14.2. The van der Waals surface area contributed by atoms with Crippen molar-refractivity contribution in [1.82, 2.24) is 9.88 Å². The zero-order chi connectivity index (χ0) is 16.2. The van der Waals surface area contributed by atoms with Gasteiger partial charge in [-0.3, -0.25) is 4.90 Å². The summed E-state index contributed by atoms with van der Waals surface area (Å²) in [6, 6.07) is 4.33. The molecule has 0 amide bonds. The Morgan fingerprint density at radius 2 is 2.09 bits per heavy atom. The van der Waals surface area contributed by atoms with Crippen molar-refractivity contribution >= 4 is 5.82 Å². The number of morpholine rings is 1. The second-order valence-corrected chi connectivity index (χ2v) is 6.74. The monoisotopic (exact) mass is 314 g/mol. The number of nitriles is 1. The number of hydrogen-bond donors (Lipinski definition) is 0. The van der Waals surface area contributed by atoms with Crippen molar-refractivity contribution in [3.8, 4) is 6.07 Å². The van der Waals surface area contributed by atoms with Gasteiger partial charge in [0.25, 0.3) is 0 Å². The Kier molecular flexibility index (Phi) is 5.14. The van der Waals surface area contributed by atoms with E-state index in [0.29, 0.717) is 5.92 Å². The third kappa shape index (κ3) is 3.82. The number of anilines is 1. The molecule has 0 saturated carbocycles. The van der Waals surface area contributed by atoms with Crippen LogP contribution in [0.2, 0.25) is 0 Å². The predicted octanol–water partition coefficient (Wildman–Crippen LogP) is 2.12. The van der Waals surface area contributed by atoms with E-state index in [1.54, 1.807) is 0 Å². The largest absolute Gasteiger partial charge is 0.379 e. The fraction of sp³-hybridized carbons (Fsp3) is 0.667. The van der Waals surface area contributed by atoms with E-state index in [9.17, 15) is 5.26 Å². The third-order valence-corrected chi connectivity index (χ3v) is 4.96. The van der Waals surface area contributed by atoms with Crippen molar-refractivity contribution in [1.29, 1.82) is 5.26 Å². The molecule has 1 aromatic heterocycles. The highest BCUT2D eigenvalue weighted by atomic mass is 16.5. The number of aryl methyl sites for hydroxylation is 2. The van der Waals surface area contributed by atoms with Crippen LogP contribution in [0, 0.1) is 31.1 Å². The van der Waals surface area contributed by atoms with Crippen molar-refractivity contribution < 1.29 is 4.74 Å². The van der Waals surface area contributed by atoms with E-state index in [1.165, 1.54) is 12.8 Å². The van der Waals surface area contributed by atoms with E-state index in [0.717, 1.165) is 68.6 Å². The van der Waals surface area contributed by atoms with Gasteiger partial charge in [0.1, 0.15) is 11.9 Å². The van der Waals surface area contributed by atoms with Crippen LogP contribution < -0.4 is 4.90 Å². The minimum absolute atomic E-state index is 0.694. The van der Waals surface area contributed by atoms with Crippen molar-refractivity contribution in [2.45, 2.75) is 26.7 Å². The van der Waals surface area contributed by atoms with E-state index in [1.807, 2.05) is 13.8 Å². The number of ether oxygens (including phenoxy) is 1. The van der Waals surface area contributed by atoms with Crippen LogP contribution in [0.25, 0.3) is 0 Å². The summed E-state index contributed by atoms with van der Waals surface area (Å²) in [5.41, 5.74) is 2.60. The lowest BCUT2D eigenvalue weighted by Gasteiger charge is -2.37. The number of hydrogen-bond acceptors (Lipinski definition) is 5. The zero-order valence-electron chi connectivity index (χ0n) is 14.2. The summed E-state index contributed by atoms with van der Waals surface area (Å²) >= 11 is 0. The molecule has 1 aromatic rings. The van der Waals surface area contributed by atoms with Gasteiger partial charge in [0, 0.05) is 32.7 Å². The lowest BCUT2D eigenvalue weighted by atomic mass is 9.97. The lowest BCUT2D eigenvalue weighted by molar-refractivity contribution is 0.0296. The Morgan fingerprint density at radius 3 is 2.78 bits per heavy atom. The molecule has 0 bridgehead atoms. The van der Waals surface area contributed by atoms with Crippen LogP contribution in [0.5, 0.6) is 0 Å². The molecule has 5 nitrogen and oxygen atoms in total. The van der Waals surface area contributed by atoms with Gasteiger partial charge in [0.2, 0.25) is 0 Å². The number of aromatic nitrogens is 1. The van der Waals surface area contributed by atoms with E-state index in [2.05, 4.69) is 26.9 Å². The van der Waals surface area contributed by atoms with Gasteiger partial charge in [-0.2, -0.15) is 5.26 Å². The predicted molar refractivity (Wildman–Crippen MR) is 90.6 cm³/mol. The third-order valence-electron chi connectivity index (χ3n) is 4.96. The number of rotatable bonds is 3. The minimum atomic E-state index is 0.694. The van der Waals surface area contributed by atoms with Crippen LogP contribution in [0.3, 0.4) is 0 Å². The molecular weight excluding hydrogens is 288 g/mol. The lowest BCUT2D eigenvalue weighted by Crippen LogP contribution is -2.44. The molecule has 2 aliphatic heterocycles. The summed E-state index contributed by atoms with van der Waals surface area (Å²) in [5.74, 6) is 1.73. The molecule has 3 heterocycles. The van der Waals surface area contributed by atoms with Crippen molar-refractivity contribution in [2.75, 3.05) is 50.8 Å². The van der Waals surface area contributed by atoms with E-state index >= 15 is 0 Å². The fourth-order valence-electron chi connectivity index (χ4n) is 3.71. The molecule has 2 aliphatic rings. The van der Waals surface area contributed by atoms with Gasteiger partial charge in [-0.15, -0.1) is 0 Å². The van der Waals surface area contributed by atoms with Crippen LogP contribution in [0.15, 0.2) is 6.07 Å². The summed E-state index contributed by atoms with van der Waals surface area (Å²) in [6.45, 7) is 11.1. The second-order valence-electron chi connectivity index (χ2n) is 6.74. The van der Waals surface area contributed by atoms with Crippen LogP contribution in [0.4, 0.5) is 5.82 Å². The quantitative estimate of drug-likeness (QED) is 0.855. The highest BCUT2D eigenvalue weighted by molar-refractivity contribution is 5.50. The maximum absolute atomic E-state index is 9.21. The van der Waals surface area contributed by atoms with Gasteiger partial charge >= 0.3 is 0 Å². The van der Waals surface area contributed by atoms with Crippen molar-refractivity contribution in [3.63, 3.8) is 0 Å². The molecule has 3 rings (SSSR count). The average molecular weight is 314 g/mol. The molecule has 124 valence electrons. The molecule has 1 unspecified atom stereocenters. The SMILES string of the molecule is Cc1cc(N2CCCC(CN3CCOCC3)C2)nc(C)c1C#N. The summed E-state index contributed by atoms with van der Waals surface area (Å²) in [7, 11) is 0. The number of piperidine rings is 1. The molecule has 0 N–H and O–H groups in total. The van der Waals surface area contributed by atoms with Crippen LogP contribution in [0.1, 0.15) is 29.7 Å². The Morgan fingerprint density at radius 1 is 1.30 bits per heavy atom. The average Bonchev–Trinajstić information content (AvgIpc) is 2.56. The number of nitrogens with zero attached hydrogens (tertiary/aromatic N) is 4. The Hall–Kier alpha value is -1.64. The first kappa shape index (κ1) is 16.2. The van der Waals surface area contributed by atoms with Gasteiger partial charge in [0.15, 0.2) is 0 Å². The molecule has 5 heteroatoms. The highest BCUT2D eigenvalue weighted by Crippen LogP contribution is 2.25. The van der Waals surface area contributed by atoms with E-state index < -0.39 is 0 Å². The molecular formula is C18H26N4O. The van der Waals surface area contributed by atoms with Gasteiger partial charge < -0.3 is 9.64 Å². The Bertz CT molecular complexity index is 566. The maximum atomic E-state index is 9.21. The molecule has 2 saturated heterocycles. The first-order valence-electron chi connectivity index (χ1n) is 8.61. The Labute approximate surface area is 138 Å². The van der Waals surface area contributed by atoms with Crippen molar-refractivity contribution in [2.24, 2.45) is 5.92 Å². The van der Waals surface area contributed by atoms with Gasteiger partial charge in [-0.25, -0.2) is 4.98 Å². The normalized spacial score (nSPS) is 22.8. The molecule has 23 heavy (non-hydrogen) atoms. The summed E-state index contributed by atoms with van der Waals surface area (Å²) < 4.78 is 5.44. The molecule has 0 spiro atoms. The summed E-state index contributed by atoms with van der Waals surface area (Å²) in [4.78, 5) is 9.61. The van der Waals surface area contributed by atoms with Crippen molar-refractivity contribution in [3.05, 3.63) is 22.9 Å². The Balaban J connectivity index is 1.67. The van der Waals surface area contributed by atoms with Crippen LogP contribution in [-0.4, -0.2) is 55.8 Å². The minimum Gasteiger partial charge on any atom is -0.379 e. The number of pyridine rings is 1. The molecule has 0 radical (unpaired) electrons. The van der Waals surface area contributed by atoms with E-state index in [4.69, 9.17) is 4.74 Å². The highest BCUT2D eigenvalue weighted by Gasteiger charge is 2.24. The fourth-order valence-corrected chi connectivity index (χ4v) is 3.71. The van der Waals surface area contributed by atoms with Gasteiger partial charge in [-0.1, -0.05) is 0 Å². The smallest absolute Gasteiger partial charge is 0.129 e. The van der Waals surface area contributed by atoms with Crippen LogP contribution in [-0.2, 0) is 4.74 Å². The first-order valence-corrected chi connectivity index (χ1v) is 8.61. The summed E-state index contributed by atoms with van der Waals surface area (Å²) in [5, 5.41) is 9.21. The second kappa shape index (κ2) is 7.29. The topological polar surface area (TPSA) is 52.4 Å². The summed E-state index contributed by atoms with van der Waals surface area (Å²) in [6.07, 6.45) is 2.51. The van der Waals surface area contributed by atoms with Crippen LogP contribution >= 0.6 is 0 Å². The molecule has 2 fully saturated rings. The van der Waals surface area contributed by atoms with E-state index in [-0.39, 0.29) is 0 Å². The van der Waals surface area contributed by atoms with Gasteiger partial charge in [0.05, 0.1) is 24.5 Å². The molecule has 0 aliphatic carbocycles. The standard InChI is InChI=1S/C18H26N4O/c1-14-10-18(20-15(2)17(14)11-19)22-5-3-4-16(13-22)12-21-6-8-23-9-7-21/h10,16H,3-9,12-13H2,1-2H3. The van der Waals surface area contributed by atoms with Gasteiger partial charge in [-0.05, 0) is 44.2 Å². The molecule has 1 atom stereocenters.